The van der Waals surface area contributed by atoms with Crippen molar-refractivity contribution in [3.63, 3.8) is 0 Å². The highest BCUT2D eigenvalue weighted by atomic mass is 32.2. The maximum Gasteiger partial charge on any atom is 0.262 e. The molecule has 2 aromatic carbocycles. The number of sulfonamides is 1. The Hall–Kier alpha value is -2.67. The van der Waals surface area contributed by atoms with Gasteiger partial charge in [0, 0.05) is 0 Å². The van der Waals surface area contributed by atoms with Crippen LogP contribution >= 0.6 is 0 Å². The summed E-state index contributed by atoms with van der Waals surface area (Å²) >= 11 is 0. The van der Waals surface area contributed by atoms with Gasteiger partial charge in [-0.2, -0.15) is 5.10 Å². The number of hydrogen-bond donors (Lipinski definition) is 1. The molecule has 0 radical (unpaired) electrons. The number of aromatic nitrogens is 2. The minimum Gasteiger partial charge on any atom is -0.276 e. The van der Waals surface area contributed by atoms with Crippen LogP contribution in [0.4, 0.5) is 10.1 Å². The highest BCUT2D eigenvalue weighted by Gasteiger charge is 2.25. The van der Waals surface area contributed by atoms with E-state index in [0.29, 0.717) is 28.5 Å². The summed E-state index contributed by atoms with van der Waals surface area (Å²) in [7, 11) is -3.79. The molecule has 0 aliphatic rings. The van der Waals surface area contributed by atoms with Gasteiger partial charge in [0.05, 0.1) is 28.5 Å². The molecule has 0 unspecified atom stereocenters. The predicted octanol–water partition coefficient (Wildman–Crippen LogP) is 4.72. The fourth-order valence-corrected chi connectivity index (χ4v) is 5.37. The third-order valence-electron chi connectivity index (χ3n) is 5.41. The summed E-state index contributed by atoms with van der Waals surface area (Å²) in [5, 5.41) is 4.46. The Morgan fingerprint density at radius 1 is 1.00 bits per heavy atom. The quantitative estimate of drug-likeness (QED) is 0.656. The van der Waals surface area contributed by atoms with E-state index in [9.17, 15) is 12.8 Å². The van der Waals surface area contributed by atoms with Crippen molar-refractivity contribution in [1.29, 1.82) is 0 Å². The van der Waals surface area contributed by atoms with Crippen LogP contribution in [0.25, 0.3) is 0 Å². The first kappa shape index (κ1) is 21.0. The topological polar surface area (TPSA) is 64.0 Å². The number of anilines is 1. The van der Waals surface area contributed by atoms with E-state index in [4.69, 9.17) is 0 Å². The lowest BCUT2D eigenvalue weighted by molar-refractivity contribution is 0.599. The first-order valence-electron chi connectivity index (χ1n) is 9.40. The third-order valence-corrected chi connectivity index (χ3v) is 7.03. The first-order chi connectivity index (χ1) is 13.5. The highest BCUT2D eigenvalue weighted by Crippen LogP contribution is 2.30. The fraction of sp³-hybridized carbons (Fsp3) is 0.318. The SMILES string of the molecule is Cc1cc(C)c(C)c(S(=O)(=O)Nc2c(C)nn(Cc3cccc(F)c3)c2C)c1C. The van der Waals surface area contributed by atoms with Gasteiger partial charge in [-0.3, -0.25) is 9.40 Å². The van der Waals surface area contributed by atoms with Crippen LogP contribution in [0.5, 0.6) is 0 Å². The van der Waals surface area contributed by atoms with Crippen LogP contribution in [0, 0.1) is 47.4 Å². The lowest BCUT2D eigenvalue weighted by Gasteiger charge is -2.17. The van der Waals surface area contributed by atoms with Crippen LogP contribution in [-0.4, -0.2) is 18.2 Å². The van der Waals surface area contributed by atoms with Crippen LogP contribution in [0.3, 0.4) is 0 Å². The normalized spacial score (nSPS) is 11.7. The van der Waals surface area contributed by atoms with Gasteiger partial charge in [-0.25, -0.2) is 12.8 Å². The standard InChI is InChI=1S/C22H26FN3O2S/c1-13-10-14(2)16(4)22(15(13)3)29(27,28)25-21-17(5)24-26(18(21)6)12-19-8-7-9-20(23)11-19/h7-11,25H,12H2,1-6H3. The van der Waals surface area contributed by atoms with Crippen molar-refractivity contribution in [2.75, 3.05) is 4.72 Å². The molecule has 0 bridgehead atoms. The van der Waals surface area contributed by atoms with Gasteiger partial charge in [0.15, 0.2) is 0 Å². The molecular weight excluding hydrogens is 389 g/mol. The van der Waals surface area contributed by atoms with E-state index in [-0.39, 0.29) is 5.82 Å². The Balaban J connectivity index is 2.00. The molecular formula is C22H26FN3O2S. The summed E-state index contributed by atoms with van der Waals surface area (Å²) in [5.74, 6) is -0.314. The van der Waals surface area contributed by atoms with E-state index in [0.717, 1.165) is 27.8 Å². The Bertz CT molecular complexity index is 1170. The van der Waals surface area contributed by atoms with Gasteiger partial charge in [0.2, 0.25) is 0 Å². The number of benzene rings is 2. The molecule has 0 fully saturated rings. The zero-order valence-corrected chi connectivity index (χ0v) is 18.4. The molecule has 1 heterocycles. The summed E-state index contributed by atoms with van der Waals surface area (Å²) < 4.78 is 44.4. The van der Waals surface area contributed by atoms with Crippen molar-refractivity contribution >= 4 is 15.7 Å². The first-order valence-corrected chi connectivity index (χ1v) is 10.9. The molecule has 154 valence electrons. The molecule has 0 saturated carbocycles. The summed E-state index contributed by atoms with van der Waals surface area (Å²) in [4.78, 5) is 0.312. The maximum absolute atomic E-state index is 13.5. The van der Waals surface area contributed by atoms with E-state index >= 15 is 0 Å². The number of rotatable bonds is 5. The Morgan fingerprint density at radius 2 is 1.62 bits per heavy atom. The van der Waals surface area contributed by atoms with Crippen molar-refractivity contribution in [3.05, 3.63) is 75.4 Å². The number of aryl methyl sites for hydroxylation is 3. The zero-order chi connectivity index (χ0) is 21.5. The van der Waals surface area contributed by atoms with E-state index in [1.165, 1.54) is 12.1 Å². The molecule has 1 aromatic heterocycles. The fourth-order valence-electron chi connectivity index (χ4n) is 3.58. The van der Waals surface area contributed by atoms with Crippen molar-refractivity contribution in [2.24, 2.45) is 0 Å². The minimum absolute atomic E-state index is 0.312. The molecule has 0 spiro atoms. The average molecular weight is 416 g/mol. The van der Waals surface area contributed by atoms with Gasteiger partial charge in [0.25, 0.3) is 10.0 Å². The van der Waals surface area contributed by atoms with E-state index in [1.54, 1.807) is 24.6 Å². The summed E-state index contributed by atoms with van der Waals surface area (Å²) in [6.07, 6.45) is 0. The van der Waals surface area contributed by atoms with Gasteiger partial charge in [-0.1, -0.05) is 18.2 Å². The van der Waals surface area contributed by atoms with Gasteiger partial charge in [0.1, 0.15) is 5.82 Å². The molecule has 0 aliphatic carbocycles. The molecule has 3 rings (SSSR count). The molecule has 0 atom stereocenters. The van der Waals surface area contributed by atoms with Crippen LogP contribution in [0.1, 0.15) is 39.2 Å². The van der Waals surface area contributed by atoms with Crippen molar-refractivity contribution in [2.45, 2.75) is 53.0 Å². The van der Waals surface area contributed by atoms with Crippen molar-refractivity contribution < 1.29 is 12.8 Å². The monoisotopic (exact) mass is 415 g/mol. The molecule has 29 heavy (non-hydrogen) atoms. The lowest BCUT2D eigenvalue weighted by Crippen LogP contribution is -2.18. The van der Waals surface area contributed by atoms with Gasteiger partial charge in [-0.15, -0.1) is 0 Å². The Labute approximate surface area is 171 Å². The van der Waals surface area contributed by atoms with Crippen LogP contribution in [-0.2, 0) is 16.6 Å². The highest BCUT2D eigenvalue weighted by molar-refractivity contribution is 7.92. The maximum atomic E-state index is 13.5. The number of nitrogens with zero attached hydrogens (tertiary/aromatic N) is 2. The largest absolute Gasteiger partial charge is 0.276 e. The molecule has 1 N–H and O–H groups in total. The van der Waals surface area contributed by atoms with E-state index in [1.807, 2.05) is 39.8 Å². The zero-order valence-electron chi connectivity index (χ0n) is 17.6. The average Bonchev–Trinajstić information content (AvgIpc) is 2.87. The van der Waals surface area contributed by atoms with Crippen LogP contribution in [0.15, 0.2) is 35.2 Å². The smallest absolute Gasteiger partial charge is 0.262 e. The minimum atomic E-state index is -3.79. The Morgan fingerprint density at radius 3 is 2.21 bits per heavy atom. The van der Waals surface area contributed by atoms with Crippen LogP contribution < -0.4 is 4.72 Å². The number of nitrogens with one attached hydrogen (secondary N) is 1. The van der Waals surface area contributed by atoms with Gasteiger partial charge < -0.3 is 0 Å². The molecule has 0 amide bonds. The van der Waals surface area contributed by atoms with E-state index in [2.05, 4.69) is 9.82 Å². The third kappa shape index (κ3) is 4.05. The number of hydrogen-bond acceptors (Lipinski definition) is 3. The summed E-state index contributed by atoms with van der Waals surface area (Å²) in [6.45, 7) is 11.4. The van der Waals surface area contributed by atoms with E-state index < -0.39 is 10.0 Å². The second-order valence-corrected chi connectivity index (χ2v) is 9.15. The molecule has 7 heteroatoms. The van der Waals surface area contributed by atoms with Gasteiger partial charge >= 0.3 is 0 Å². The van der Waals surface area contributed by atoms with Gasteiger partial charge in [-0.05, 0) is 81.5 Å². The van der Waals surface area contributed by atoms with Crippen molar-refractivity contribution in [1.82, 2.24) is 9.78 Å². The molecule has 0 saturated heterocycles. The Kier molecular flexibility index (Phi) is 5.54. The molecule has 3 aromatic rings. The summed E-state index contributed by atoms with van der Waals surface area (Å²) in [6, 6.07) is 8.29. The summed E-state index contributed by atoms with van der Waals surface area (Å²) in [5.41, 5.74) is 5.81. The number of halogens is 1. The molecule has 5 nitrogen and oxygen atoms in total. The lowest BCUT2D eigenvalue weighted by atomic mass is 10.0. The van der Waals surface area contributed by atoms with Crippen LogP contribution in [0.2, 0.25) is 0 Å². The second kappa shape index (κ2) is 7.63. The van der Waals surface area contributed by atoms with Crippen molar-refractivity contribution in [3.8, 4) is 0 Å². The predicted molar refractivity (Wildman–Crippen MR) is 113 cm³/mol. The molecule has 0 aliphatic heterocycles. The second-order valence-electron chi connectivity index (χ2n) is 7.53.